The molecule has 1 unspecified atom stereocenters. The third kappa shape index (κ3) is 3.48. The van der Waals surface area contributed by atoms with Crippen LogP contribution in [0.15, 0.2) is 28.3 Å². The van der Waals surface area contributed by atoms with Crippen LogP contribution < -0.4 is 0 Å². The molecule has 0 spiro atoms. The zero-order valence-electron chi connectivity index (χ0n) is 13.1. The molecule has 3 aliphatic heterocycles. The number of carbonyl (C=O) groups excluding carboxylic acids is 1. The number of piperidine rings is 1. The summed E-state index contributed by atoms with van der Waals surface area (Å²) in [5.41, 5.74) is 0.341. The van der Waals surface area contributed by atoms with Crippen LogP contribution in [0.2, 0.25) is 0 Å². The fourth-order valence-electron chi connectivity index (χ4n) is 3.05. The lowest BCUT2D eigenvalue weighted by atomic mass is 10.0. The first kappa shape index (κ1) is 16.2. The fraction of sp³-hybridized carbons (Fsp3) is 0.600. The molecule has 1 fully saturated rings. The summed E-state index contributed by atoms with van der Waals surface area (Å²) in [4.78, 5) is 16.3. The van der Waals surface area contributed by atoms with Crippen LogP contribution in [0.1, 0.15) is 19.8 Å². The number of hydrogen-bond donors (Lipinski definition) is 0. The number of hydrogen-bond acceptors (Lipinski definition) is 5. The highest BCUT2D eigenvalue weighted by atomic mass is 32.2. The molecule has 0 radical (unpaired) electrons. The van der Waals surface area contributed by atoms with E-state index in [1.807, 2.05) is 6.92 Å². The van der Waals surface area contributed by atoms with Gasteiger partial charge in [0.2, 0.25) is 0 Å². The number of sulfonamides is 1. The van der Waals surface area contributed by atoms with E-state index in [1.54, 1.807) is 28.2 Å². The second-order valence-electron chi connectivity index (χ2n) is 5.79. The summed E-state index contributed by atoms with van der Waals surface area (Å²) in [5.74, 6) is 0.0280. The number of fused-ring (bicyclic) bond motifs is 1. The van der Waals surface area contributed by atoms with Gasteiger partial charge in [-0.2, -0.15) is 0 Å². The van der Waals surface area contributed by atoms with Crippen molar-refractivity contribution in [3.8, 4) is 0 Å². The molecule has 0 bridgehead atoms. The van der Waals surface area contributed by atoms with Crippen LogP contribution in [-0.4, -0.2) is 68.1 Å². The maximum absolute atomic E-state index is 12.8. The Hall–Kier alpha value is -1.67. The van der Waals surface area contributed by atoms with Gasteiger partial charge in [-0.05, 0) is 31.9 Å². The van der Waals surface area contributed by atoms with Gasteiger partial charge in [0.15, 0.2) is 5.84 Å². The van der Waals surface area contributed by atoms with Crippen LogP contribution in [-0.2, 0) is 19.6 Å². The second-order valence-corrected chi connectivity index (χ2v) is 7.54. The number of nitrogens with zero attached hydrogens (tertiary/aromatic N) is 3. The molecule has 126 valence electrons. The highest BCUT2D eigenvalue weighted by Crippen LogP contribution is 2.22. The van der Waals surface area contributed by atoms with Gasteiger partial charge in [0.25, 0.3) is 15.9 Å². The lowest BCUT2D eigenvalue weighted by molar-refractivity contribution is -0.130. The van der Waals surface area contributed by atoms with Gasteiger partial charge in [-0.15, -0.1) is 4.40 Å². The number of rotatable bonds is 3. The Bertz CT molecular complexity index is 679. The average molecular weight is 339 g/mol. The smallest absolute Gasteiger partial charge is 0.257 e. The first-order chi connectivity index (χ1) is 11.0. The quantitative estimate of drug-likeness (QED) is 0.749. The summed E-state index contributed by atoms with van der Waals surface area (Å²) in [6, 6.07) is 0. The molecule has 3 aliphatic rings. The van der Waals surface area contributed by atoms with Gasteiger partial charge >= 0.3 is 0 Å². The van der Waals surface area contributed by atoms with Crippen molar-refractivity contribution in [3.05, 3.63) is 23.9 Å². The number of ether oxygens (including phenoxy) is 1. The first-order valence-corrected chi connectivity index (χ1v) is 9.50. The monoisotopic (exact) mass is 339 g/mol. The first-order valence-electron chi connectivity index (χ1n) is 7.89. The zero-order valence-corrected chi connectivity index (χ0v) is 14.0. The SMILES string of the molecule is CCOC1CCCN(C(=O)C2=CC=CN3CCS(=O)(=O)N=C23)C1. The Morgan fingerprint density at radius 1 is 1.43 bits per heavy atom. The molecule has 1 amide bonds. The van der Waals surface area contributed by atoms with Crippen LogP contribution in [0.5, 0.6) is 0 Å². The summed E-state index contributed by atoms with van der Waals surface area (Å²) in [7, 11) is -3.49. The lowest BCUT2D eigenvalue weighted by Crippen LogP contribution is -2.47. The summed E-state index contributed by atoms with van der Waals surface area (Å²) in [6.07, 6.45) is 7.03. The molecular weight excluding hydrogens is 318 g/mol. The molecule has 0 aromatic rings. The van der Waals surface area contributed by atoms with Gasteiger partial charge in [-0.3, -0.25) is 4.79 Å². The summed E-state index contributed by atoms with van der Waals surface area (Å²) in [6.45, 7) is 4.08. The molecule has 3 heterocycles. The maximum Gasteiger partial charge on any atom is 0.257 e. The molecule has 23 heavy (non-hydrogen) atoms. The normalized spacial score (nSPS) is 26.4. The van der Waals surface area contributed by atoms with Crippen molar-refractivity contribution in [2.24, 2.45) is 4.40 Å². The highest BCUT2D eigenvalue weighted by molar-refractivity contribution is 7.90. The van der Waals surface area contributed by atoms with Crippen LogP contribution in [0.25, 0.3) is 0 Å². The van der Waals surface area contributed by atoms with Gasteiger partial charge in [0.05, 0.1) is 17.4 Å². The third-order valence-corrected chi connectivity index (χ3v) is 5.31. The molecule has 7 nitrogen and oxygen atoms in total. The van der Waals surface area contributed by atoms with E-state index in [-0.39, 0.29) is 23.6 Å². The molecule has 1 atom stereocenters. The minimum atomic E-state index is -3.49. The number of carbonyl (C=O) groups is 1. The molecule has 0 saturated carbocycles. The molecule has 0 aromatic heterocycles. The van der Waals surface area contributed by atoms with E-state index < -0.39 is 10.0 Å². The Kier molecular flexibility index (Phi) is 4.54. The predicted octanol–water partition coefficient (Wildman–Crippen LogP) is 0.512. The third-order valence-electron chi connectivity index (χ3n) is 4.16. The van der Waals surface area contributed by atoms with Gasteiger partial charge < -0.3 is 14.5 Å². The maximum atomic E-state index is 12.8. The van der Waals surface area contributed by atoms with E-state index in [0.29, 0.717) is 31.8 Å². The summed E-state index contributed by atoms with van der Waals surface area (Å²) >= 11 is 0. The van der Waals surface area contributed by atoms with Crippen molar-refractivity contribution in [1.29, 1.82) is 0 Å². The largest absolute Gasteiger partial charge is 0.377 e. The predicted molar refractivity (Wildman–Crippen MR) is 86.4 cm³/mol. The van der Waals surface area contributed by atoms with Gasteiger partial charge in [0.1, 0.15) is 0 Å². The van der Waals surface area contributed by atoms with Crippen LogP contribution >= 0.6 is 0 Å². The van der Waals surface area contributed by atoms with E-state index >= 15 is 0 Å². The number of amidine groups is 1. The zero-order chi connectivity index (χ0) is 16.4. The fourth-order valence-corrected chi connectivity index (χ4v) is 4.03. The molecule has 1 saturated heterocycles. The van der Waals surface area contributed by atoms with Gasteiger partial charge in [0, 0.05) is 32.4 Å². The molecule has 0 aromatic carbocycles. The summed E-state index contributed by atoms with van der Waals surface area (Å²) in [5, 5.41) is 0. The van der Waals surface area contributed by atoms with E-state index in [2.05, 4.69) is 4.40 Å². The minimum Gasteiger partial charge on any atom is -0.377 e. The van der Waals surface area contributed by atoms with Crippen molar-refractivity contribution < 1.29 is 17.9 Å². The van der Waals surface area contributed by atoms with Crippen LogP contribution in [0.4, 0.5) is 0 Å². The minimum absolute atomic E-state index is 0.0293. The second kappa shape index (κ2) is 6.45. The Morgan fingerprint density at radius 3 is 3.04 bits per heavy atom. The van der Waals surface area contributed by atoms with E-state index in [1.165, 1.54) is 0 Å². The van der Waals surface area contributed by atoms with Crippen molar-refractivity contribution in [2.45, 2.75) is 25.9 Å². The standard InChI is InChI=1S/C15H21N3O4S/c1-2-22-12-5-3-8-18(11-12)15(19)13-6-4-7-17-9-10-23(20,21)16-14(13)17/h4,6-7,12H,2-3,5,8-11H2,1H3. The molecule has 0 N–H and O–H groups in total. The van der Waals surface area contributed by atoms with E-state index in [0.717, 1.165) is 12.8 Å². The average Bonchev–Trinajstić information content (AvgIpc) is 2.53. The molecular formula is C15H21N3O4S. The number of allylic oxidation sites excluding steroid dienone is 2. The van der Waals surface area contributed by atoms with Crippen molar-refractivity contribution >= 4 is 21.8 Å². The van der Waals surface area contributed by atoms with E-state index in [4.69, 9.17) is 4.74 Å². The Balaban J connectivity index is 1.82. The molecule has 8 heteroatoms. The lowest BCUT2D eigenvalue weighted by Gasteiger charge is -2.35. The van der Waals surface area contributed by atoms with Crippen LogP contribution in [0, 0.1) is 0 Å². The van der Waals surface area contributed by atoms with Gasteiger partial charge in [-0.1, -0.05) is 0 Å². The van der Waals surface area contributed by atoms with Crippen molar-refractivity contribution in [2.75, 3.05) is 32.0 Å². The van der Waals surface area contributed by atoms with Crippen molar-refractivity contribution in [1.82, 2.24) is 9.80 Å². The topological polar surface area (TPSA) is 79.3 Å². The van der Waals surface area contributed by atoms with Gasteiger partial charge in [-0.25, -0.2) is 8.42 Å². The highest BCUT2D eigenvalue weighted by Gasteiger charge is 2.33. The van der Waals surface area contributed by atoms with Crippen LogP contribution in [0.3, 0.4) is 0 Å². The van der Waals surface area contributed by atoms with Crippen molar-refractivity contribution in [3.63, 3.8) is 0 Å². The Labute approximate surface area is 136 Å². The number of likely N-dealkylation sites (tertiary alicyclic amines) is 1. The Morgan fingerprint density at radius 2 is 2.26 bits per heavy atom. The number of amides is 1. The molecule has 0 aliphatic carbocycles. The van der Waals surface area contributed by atoms with E-state index in [9.17, 15) is 13.2 Å². The molecule has 3 rings (SSSR count). The summed E-state index contributed by atoms with van der Waals surface area (Å²) < 4.78 is 33.0.